The van der Waals surface area contributed by atoms with Crippen LogP contribution in [-0.2, 0) is 0 Å². The van der Waals surface area contributed by atoms with Crippen molar-refractivity contribution in [1.29, 1.82) is 0 Å². The topological polar surface area (TPSA) is 110 Å². The van der Waals surface area contributed by atoms with Crippen molar-refractivity contribution in [2.24, 2.45) is 0 Å². The summed E-state index contributed by atoms with van der Waals surface area (Å²) in [4.78, 5) is 37.5. The molecule has 8 nitrogen and oxygen atoms in total. The van der Waals surface area contributed by atoms with E-state index >= 15 is 0 Å². The normalized spacial score (nSPS) is 13.2. The maximum absolute atomic E-state index is 12.3. The molecule has 0 saturated carbocycles. The molecule has 0 atom stereocenters. The highest BCUT2D eigenvalue weighted by Gasteiger charge is 2.16. The largest absolute Gasteiger partial charge is 0.486 e. The Morgan fingerprint density at radius 3 is 2.92 bits per heavy atom. The molecule has 0 amide bonds. The van der Waals surface area contributed by atoms with Crippen molar-refractivity contribution >= 4 is 28.7 Å². The summed E-state index contributed by atoms with van der Waals surface area (Å²) >= 11 is 1.21. The first-order chi connectivity index (χ1) is 11.7. The number of hydrogen-bond acceptors (Lipinski definition) is 7. The SMILES string of the molecule is O=C(CSc1nc2nc[nH]c(=O)c2[nH]1)c1ccc2c(c1)OCCO2. The lowest BCUT2D eigenvalue weighted by Crippen LogP contribution is -2.16. The van der Waals surface area contributed by atoms with Crippen LogP contribution in [0.4, 0.5) is 0 Å². The van der Waals surface area contributed by atoms with Crippen LogP contribution in [0.2, 0.25) is 0 Å². The Labute approximate surface area is 139 Å². The first-order valence-electron chi connectivity index (χ1n) is 7.20. The van der Waals surface area contributed by atoms with Crippen LogP contribution < -0.4 is 15.0 Å². The molecule has 0 bridgehead atoms. The molecule has 0 unspecified atom stereocenters. The van der Waals surface area contributed by atoms with Gasteiger partial charge in [0, 0.05) is 5.56 Å². The van der Waals surface area contributed by atoms with E-state index in [9.17, 15) is 9.59 Å². The zero-order chi connectivity index (χ0) is 16.5. The predicted octanol–water partition coefficient (Wildman–Crippen LogP) is 1.39. The van der Waals surface area contributed by atoms with Gasteiger partial charge < -0.3 is 19.4 Å². The van der Waals surface area contributed by atoms with Gasteiger partial charge in [-0.3, -0.25) is 9.59 Å². The molecular formula is C15H12N4O4S. The van der Waals surface area contributed by atoms with Gasteiger partial charge in [-0.1, -0.05) is 11.8 Å². The van der Waals surface area contributed by atoms with E-state index in [2.05, 4.69) is 19.9 Å². The van der Waals surface area contributed by atoms with Gasteiger partial charge in [0.1, 0.15) is 13.2 Å². The van der Waals surface area contributed by atoms with Crippen molar-refractivity contribution in [3.05, 3.63) is 40.4 Å². The number of ketones is 1. The fourth-order valence-electron chi connectivity index (χ4n) is 2.32. The molecular weight excluding hydrogens is 332 g/mol. The van der Waals surface area contributed by atoms with Gasteiger partial charge in [0.05, 0.1) is 12.1 Å². The van der Waals surface area contributed by atoms with Crippen LogP contribution in [0.25, 0.3) is 11.2 Å². The molecule has 24 heavy (non-hydrogen) atoms. The van der Waals surface area contributed by atoms with E-state index in [4.69, 9.17) is 9.47 Å². The van der Waals surface area contributed by atoms with Gasteiger partial charge in [-0.15, -0.1) is 0 Å². The van der Waals surface area contributed by atoms with E-state index in [1.165, 1.54) is 18.1 Å². The van der Waals surface area contributed by atoms with E-state index in [0.717, 1.165) is 0 Å². The number of nitrogens with one attached hydrogen (secondary N) is 2. The molecule has 0 fully saturated rings. The second kappa shape index (κ2) is 6.00. The van der Waals surface area contributed by atoms with Crippen LogP contribution >= 0.6 is 11.8 Å². The lowest BCUT2D eigenvalue weighted by atomic mass is 10.1. The van der Waals surface area contributed by atoms with Crippen molar-refractivity contribution in [2.75, 3.05) is 19.0 Å². The number of thioether (sulfide) groups is 1. The molecule has 122 valence electrons. The van der Waals surface area contributed by atoms with Crippen molar-refractivity contribution in [2.45, 2.75) is 5.16 Å². The number of aromatic amines is 2. The number of rotatable bonds is 4. The van der Waals surface area contributed by atoms with E-state index in [-0.39, 0.29) is 17.1 Å². The lowest BCUT2D eigenvalue weighted by molar-refractivity contribution is 0.102. The smallest absolute Gasteiger partial charge is 0.276 e. The summed E-state index contributed by atoms with van der Waals surface area (Å²) in [7, 11) is 0. The number of hydrogen-bond donors (Lipinski definition) is 2. The quantitative estimate of drug-likeness (QED) is 0.543. The van der Waals surface area contributed by atoms with Gasteiger partial charge in [-0.05, 0) is 18.2 Å². The number of ether oxygens (including phenoxy) is 2. The Balaban J connectivity index is 1.49. The minimum Gasteiger partial charge on any atom is -0.486 e. The van der Waals surface area contributed by atoms with E-state index in [1.807, 2.05) is 0 Å². The number of imidazole rings is 1. The van der Waals surface area contributed by atoms with Gasteiger partial charge >= 0.3 is 0 Å². The third-order valence-electron chi connectivity index (χ3n) is 3.48. The lowest BCUT2D eigenvalue weighted by Gasteiger charge is -2.18. The number of carbonyl (C=O) groups is 1. The Hall–Kier alpha value is -2.81. The first-order valence-corrected chi connectivity index (χ1v) is 8.18. The molecule has 2 aromatic heterocycles. The number of nitrogens with zero attached hydrogens (tertiary/aromatic N) is 2. The molecule has 3 aromatic rings. The Morgan fingerprint density at radius 1 is 1.25 bits per heavy atom. The maximum Gasteiger partial charge on any atom is 0.276 e. The zero-order valence-electron chi connectivity index (χ0n) is 12.4. The second-order valence-corrected chi connectivity index (χ2v) is 6.01. The van der Waals surface area contributed by atoms with Crippen LogP contribution in [0, 0.1) is 0 Å². The highest BCUT2D eigenvalue weighted by atomic mass is 32.2. The molecule has 0 saturated heterocycles. The summed E-state index contributed by atoms with van der Waals surface area (Å²) in [6.45, 7) is 0.981. The molecule has 4 rings (SSSR count). The van der Waals surface area contributed by atoms with Crippen molar-refractivity contribution in [3.63, 3.8) is 0 Å². The Morgan fingerprint density at radius 2 is 2.08 bits per heavy atom. The minimum atomic E-state index is -0.294. The fraction of sp³-hybridized carbons (Fsp3) is 0.200. The molecule has 0 radical (unpaired) electrons. The van der Waals surface area contributed by atoms with Crippen LogP contribution in [0.1, 0.15) is 10.4 Å². The number of H-pyrrole nitrogens is 2. The molecule has 1 aromatic carbocycles. The fourth-order valence-corrected chi connectivity index (χ4v) is 3.08. The van der Waals surface area contributed by atoms with Crippen molar-refractivity contribution < 1.29 is 14.3 Å². The summed E-state index contributed by atoms with van der Waals surface area (Å²) in [6.07, 6.45) is 1.29. The molecule has 3 heterocycles. The summed E-state index contributed by atoms with van der Waals surface area (Å²) in [5, 5.41) is 0.472. The first kappa shape index (κ1) is 14.8. The number of fused-ring (bicyclic) bond motifs is 2. The maximum atomic E-state index is 12.3. The van der Waals surface area contributed by atoms with Gasteiger partial charge in [-0.25, -0.2) is 9.97 Å². The summed E-state index contributed by atoms with van der Waals surface area (Å²) in [6, 6.07) is 5.13. The third-order valence-corrected chi connectivity index (χ3v) is 4.35. The van der Waals surface area contributed by atoms with Gasteiger partial charge in [0.2, 0.25) is 0 Å². The average Bonchev–Trinajstić information content (AvgIpc) is 3.04. The highest BCUT2D eigenvalue weighted by Crippen LogP contribution is 2.31. The van der Waals surface area contributed by atoms with Crippen LogP contribution in [0.5, 0.6) is 11.5 Å². The number of aromatic nitrogens is 4. The van der Waals surface area contributed by atoms with E-state index in [1.54, 1.807) is 18.2 Å². The van der Waals surface area contributed by atoms with Gasteiger partial charge in [-0.2, -0.15) is 0 Å². The molecule has 0 spiro atoms. The molecule has 9 heteroatoms. The zero-order valence-corrected chi connectivity index (χ0v) is 13.2. The van der Waals surface area contributed by atoms with Crippen LogP contribution in [0.3, 0.4) is 0 Å². The monoisotopic (exact) mass is 344 g/mol. The standard InChI is InChI=1S/C15H12N4O4S/c20-9(8-1-2-10-11(5-8)23-4-3-22-10)6-24-15-18-12-13(19-15)16-7-17-14(12)21/h1-2,5,7H,3-4,6H2,(H2,16,17,18,19,21). The van der Waals surface area contributed by atoms with E-state index in [0.29, 0.717) is 46.6 Å². The third kappa shape index (κ3) is 2.73. The molecule has 2 N–H and O–H groups in total. The Kier molecular flexibility index (Phi) is 3.69. The number of Topliss-reactive ketones (excluding diaryl/α,β-unsaturated/α-hetero) is 1. The predicted molar refractivity (Wildman–Crippen MR) is 87.0 cm³/mol. The molecule has 1 aliphatic heterocycles. The molecule has 1 aliphatic rings. The van der Waals surface area contributed by atoms with Gasteiger partial charge in [0.15, 0.2) is 33.6 Å². The summed E-state index contributed by atoms with van der Waals surface area (Å²) in [5.41, 5.74) is 0.871. The summed E-state index contributed by atoms with van der Waals surface area (Å²) in [5.74, 6) is 1.33. The van der Waals surface area contributed by atoms with Crippen LogP contribution in [-0.4, -0.2) is 44.7 Å². The number of carbonyl (C=O) groups excluding carboxylic acids is 1. The average molecular weight is 344 g/mol. The second-order valence-electron chi connectivity index (χ2n) is 5.04. The highest BCUT2D eigenvalue weighted by molar-refractivity contribution is 7.99. The summed E-state index contributed by atoms with van der Waals surface area (Å²) < 4.78 is 10.9. The van der Waals surface area contributed by atoms with Crippen LogP contribution in [0.15, 0.2) is 34.5 Å². The Bertz CT molecular complexity index is 981. The van der Waals surface area contributed by atoms with E-state index < -0.39 is 0 Å². The minimum absolute atomic E-state index is 0.0701. The van der Waals surface area contributed by atoms with Crippen molar-refractivity contribution in [1.82, 2.24) is 19.9 Å². The number of benzene rings is 1. The van der Waals surface area contributed by atoms with Crippen molar-refractivity contribution in [3.8, 4) is 11.5 Å². The van der Waals surface area contributed by atoms with Gasteiger partial charge in [0.25, 0.3) is 5.56 Å². The molecule has 0 aliphatic carbocycles.